The van der Waals surface area contributed by atoms with Crippen LogP contribution in [-0.4, -0.2) is 24.1 Å². The molecule has 1 rings (SSSR count). The summed E-state index contributed by atoms with van der Waals surface area (Å²) in [5, 5.41) is 6.80. The molecule has 4 heteroatoms. The fourth-order valence-electron chi connectivity index (χ4n) is 1.31. The van der Waals surface area contributed by atoms with Gasteiger partial charge in [0, 0.05) is 23.7 Å². The summed E-state index contributed by atoms with van der Waals surface area (Å²) < 4.78 is 0. The molecular formula is C10H19N3S. The second-order valence-electron chi connectivity index (χ2n) is 3.39. The summed E-state index contributed by atoms with van der Waals surface area (Å²) in [6.07, 6.45) is 3.10. The normalized spacial score (nSPS) is 13.0. The van der Waals surface area contributed by atoms with Crippen molar-refractivity contribution >= 4 is 11.3 Å². The first-order valence-corrected chi connectivity index (χ1v) is 6.02. The SMILES string of the molecule is CCNC(C)CCNCc1cncs1. The molecule has 0 spiro atoms. The zero-order valence-electron chi connectivity index (χ0n) is 8.92. The lowest BCUT2D eigenvalue weighted by atomic mass is 10.2. The highest BCUT2D eigenvalue weighted by Crippen LogP contribution is 2.03. The highest BCUT2D eigenvalue weighted by atomic mass is 32.1. The summed E-state index contributed by atoms with van der Waals surface area (Å²) >= 11 is 1.70. The molecule has 0 saturated carbocycles. The molecule has 0 aliphatic carbocycles. The minimum Gasteiger partial charge on any atom is -0.314 e. The van der Waals surface area contributed by atoms with Gasteiger partial charge in [0.1, 0.15) is 0 Å². The van der Waals surface area contributed by atoms with E-state index in [-0.39, 0.29) is 0 Å². The Morgan fingerprint density at radius 1 is 1.57 bits per heavy atom. The van der Waals surface area contributed by atoms with Crippen molar-refractivity contribution in [3.63, 3.8) is 0 Å². The predicted octanol–water partition coefficient (Wildman–Crippen LogP) is 1.62. The summed E-state index contributed by atoms with van der Waals surface area (Å²) in [7, 11) is 0. The zero-order chi connectivity index (χ0) is 10.2. The summed E-state index contributed by atoms with van der Waals surface area (Å²) in [5.74, 6) is 0. The molecule has 2 N–H and O–H groups in total. The molecule has 0 radical (unpaired) electrons. The van der Waals surface area contributed by atoms with Crippen molar-refractivity contribution in [1.29, 1.82) is 0 Å². The minimum absolute atomic E-state index is 0.606. The maximum atomic E-state index is 4.03. The number of rotatable bonds is 7. The summed E-state index contributed by atoms with van der Waals surface area (Å²) in [5.41, 5.74) is 1.87. The quantitative estimate of drug-likeness (QED) is 0.676. The fraction of sp³-hybridized carbons (Fsp3) is 0.700. The van der Waals surface area contributed by atoms with Gasteiger partial charge in [-0.1, -0.05) is 6.92 Å². The van der Waals surface area contributed by atoms with Gasteiger partial charge in [-0.3, -0.25) is 4.98 Å². The Balaban J connectivity index is 1.99. The highest BCUT2D eigenvalue weighted by Gasteiger charge is 1.98. The third-order valence-electron chi connectivity index (χ3n) is 2.09. The van der Waals surface area contributed by atoms with Crippen molar-refractivity contribution in [2.24, 2.45) is 0 Å². The molecule has 1 unspecified atom stereocenters. The lowest BCUT2D eigenvalue weighted by molar-refractivity contribution is 0.505. The fourth-order valence-corrected chi connectivity index (χ4v) is 1.87. The number of hydrogen-bond acceptors (Lipinski definition) is 4. The molecule has 1 atom stereocenters. The molecule has 0 bridgehead atoms. The van der Waals surface area contributed by atoms with Gasteiger partial charge in [0.05, 0.1) is 5.51 Å². The van der Waals surface area contributed by atoms with E-state index in [1.807, 2.05) is 11.7 Å². The van der Waals surface area contributed by atoms with E-state index in [1.165, 1.54) is 11.3 Å². The Hall–Kier alpha value is -0.450. The monoisotopic (exact) mass is 213 g/mol. The van der Waals surface area contributed by atoms with Gasteiger partial charge in [-0.05, 0) is 26.4 Å². The second-order valence-corrected chi connectivity index (χ2v) is 4.36. The van der Waals surface area contributed by atoms with Crippen molar-refractivity contribution in [3.05, 3.63) is 16.6 Å². The topological polar surface area (TPSA) is 37.0 Å². The largest absolute Gasteiger partial charge is 0.314 e. The standard InChI is InChI=1S/C10H19N3S/c1-3-13-9(2)4-5-11-6-10-7-12-8-14-10/h7-9,11,13H,3-6H2,1-2H3. The van der Waals surface area contributed by atoms with Crippen LogP contribution in [0.5, 0.6) is 0 Å². The molecule has 1 aromatic heterocycles. The van der Waals surface area contributed by atoms with Crippen molar-refractivity contribution in [1.82, 2.24) is 15.6 Å². The molecule has 0 fully saturated rings. The molecule has 80 valence electrons. The van der Waals surface area contributed by atoms with Gasteiger partial charge in [0.15, 0.2) is 0 Å². The van der Waals surface area contributed by atoms with E-state index in [1.54, 1.807) is 11.3 Å². The number of thiazole rings is 1. The molecule has 14 heavy (non-hydrogen) atoms. The van der Waals surface area contributed by atoms with Crippen molar-refractivity contribution in [3.8, 4) is 0 Å². The second kappa shape index (κ2) is 6.92. The lowest BCUT2D eigenvalue weighted by Crippen LogP contribution is -2.29. The van der Waals surface area contributed by atoms with Crippen molar-refractivity contribution in [2.45, 2.75) is 32.9 Å². The number of hydrogen-bond donors (Lipinski definition) is 2. The maximum Gasteiger partial charge on any atom is 0.0794 e. The average molecular weight is 213 g/mol. The summed E-state index contributed by atoms with van der Waals surface area (Å²) in [6, 6.07) is 0.606. The minimum atomic E-state index is 0.606. The van der Waals surface area contributed by atoms with Crippen LogP contribution in [0.4, 0.5) is 0 Å². The zero-order valence-corrected chi connectivity index (χ0v) is 9.73. The van der Waals surface area contributed by atoms with Crippen LogP contribution < -0.4 is 10.6 Å². The van der Waals surface area contributed by atoms with Gasteiger partial charge in [-0.2, -0.15) is 0 Å². The van der Waals surface area contributed by atoms with Crippen molar-refractivity contribution in [2.75, 3.05) is 13.1 Å². The van der Waals surface area contributed by atoms with E-state index < -0.39 is 0 Å². The Kier molecular flexibility index (Phi) is 5.75. The van der Waals surface area contributed by atoms with Gasteiger partial charge in [0.25, 0.3) is 0 Å². The Morgan fingerprint density at radius 2 is 2.43 bits per heavy atom. The molecule has 3 nitrogen and oxygen atoms in total. The van der Waals surface area contributed by atoms with Gasteiger partial charge in [0.2, 0.25) is 0 Å². The van der Waals surface area contributed by atoms with Gasteiger partial charge < -0.3 is 10.6 Å². The number of nitrogens with one attached hydrogen (secondary N) is 2. The first-order chi connectivity index (χ1) is 6.83. The van der Waals surface area contributed by atoms with Crippen LogP contribution in [0.1, 0.15) is 25.1 Å². The van der Waals surface area contributed by atoms with E-state index in [0.717, 1.165) is 19.6 Å². The molecule has 0 amide bonds. The van der Waals surface area contributed by atoms with E-state index in [9.17, 15) is 0 Å². The Morgan fingerprint density at radius 3 is 3.07 bits per heavy atom. The van der Waals surface area contributed by atoms with Crippen LogP contribution in [0, 0.1) is 0 Å². The Bertz CT molecular complexity index is 223. The first kappa shape index (κ1) is 11.6. The Labute approximate surface area is 89.9 Å². The molecular weight excluding hydrogens is 194 g/mol. The van der Waals surface area contributed by atoms with Crippen LogP contribution in [0.25, 0.3) is 0 Å². The number of aromatic nitrogens is 1. The number of nitrogens with zero attached hydrogens (tertiary/aromatic N) is 1. The van der Waals surface area contributed by atoms with Gasteiger partial charge in [-0.15, -0.1) is 11.3 Å². The average Bonchev–Trinajstić information content (AvgIpc) is 2.65. The molecule has 1 heterocycles. The summed E-state index contributed by atoms with van der Waals surface area (Å²) in [6.45, 7) is 7.42. The van der Waals surface area contributed by atoms with E-state index >= 15 is 0 Å². The van der Waals surface area contributed by atoms with Crippen molar-refractivity contribution < 1.29 is 0 Å². The molecule has 0 aliphatic heterocycles. The first-order valence-electron chi connectivity index (χ1n) is 5.14. The maximum absolute atomic E-state index is 4.03. The van der Waals surface area contributed by atoms with E-state index in [0.29, 0.717) is 6.04 Å². The van der Waals surface area contributed by atoms with Crippen LogP contribution in [0.3, 0.4) is 0 Å². The molecule has 1 aromatic rings. The molecule has 0 saturated heterocycles. The highest BCUT2D eigenvalue weighted by molar-refractivity contribution is 7.09. The van der Waals surface area contributed by atoms with Crippen LogP contribution in [0.15, 0.2) is 11.7 Å². The molecule has 0 aromatic carbocycles. The van der Waals surface area contributed by atoms with Gasteiger partial charge in [-0.25, -0.2) is 0 Å². The van der Waals surface area contributed by atoms with E-state index in [4.69, 9.17) is 0 Å². The van der Waals surface area contributed by atoms with Crippen LogP contribution in [0.2, 0.25) is 0 Å². The van der Waals surface area contributed by atoms with Gasteiger partial charge >= 0.3 is 0 Å². The third kappa shape index (κ3) is 4.69. The van der Waals surface area contributed by atoms with Crippen LogP contribution in [-0.2, 0) is 6.54 Å². The predicted molar refractivity (Wildman–Crippen MR) is 61.6 cm³/mol. The third-order valence-corrected chi connectivity index (χ3v) is 2.87. The lowest BCUT2D eigenvalue weighted by Gasteiger charge is -2.11. The molecule has 0 aliphatic rings. The van der Waals surface area contributed by atoms with Crippen LogP contribution >= 0.6 is 11.3 Å². The smallest absolute Gasteiger partial charge is 0.0794 e. The van der Waals surface area contributed by atoms with E-state index in [2.05, 4.69) is 29.5 Å². The summed E-state index contributed by atoms with van der Waals surface area (Å²) in [4.78, 5) is 5.34.